The summed E-state index contributed by atoms with van der Waals surface area (Å²) in [6.07, 6.45) is 8.07. The minimum Gasteiger partial charge on any atom is -0.381 e. The molecule has 106 valence electrons. The predicted molar refractivity (Wildman–Crippen MR) is 72.5 cm³/mol. The van der Waals surface area contributed by atoms with E-state index in [0.29, 0.717) is 11.8 Å². The molecule has 0 amide bonds. The summed E-state index contributed by atoms with van der Waals surface area (Å²) in [5.41, 5.74) is 1.15. The smallest absolute Gasteiger partial charge is 0.156 e. The number of nitrogens with zero attached hydrogens (tertiary/aromatic N) is 4. The van der Waals surface area contributed by atoms with Gasteiger partial charge >= 0.3 is 0 Å². The molecule has 3 heterocycles. The highest BCUT2D eigenvalue weighted by Crippen LogP contribution is 2.39. The van der Waals surface area contributed by atoms with E-state index in [1.54, 1.807) is 6.33 Å². The van der Waals surface area contributed by atoms with Gasteiger partial charge in [-0.3, -0.25) is 0 Å². The molecule has 0 aromatic carbocycles. The maximum absolute atomic E-state index is 5.45. The summed E-state index contributed by atoms with van der Waals surface area (Å²) in [6.45, 7) is 2.48. The molecule has 1 saturated carbocycles. The molecular weight excluding hydrogens is 254 g/mol. The molecule has 4 rings (SSSR count). The Morgan fingerprint density at radius 2 is 2.25 bits per heavy atom. The summed E-state index contributed by atoms with van der Waals surface area (Å²) in [4.78, 5) is 12.0. The third-order valence-electron chi connectivity index (χ3n) is 4.10. The Bertz CT molecular complexity index is 566. The zero-order valence-electron chi connectivity index (χ0n) is 11.5. The number of nitrogens with one attached hydrogen (secondary N) is 1. The van der Waals surface area contributed by atoms with Crippen LogP contribution >= 0.6 is 0 Å². The second kappa shape index (κ2) is 5.01. The van der Waals surface area contributed by atoms with Crippen molar-refractivity contribution in [1.82, 2.24) is 24.7 Å². The van der Waals surface area contributed by atoms with Crippen molar-refractivity contribution in [3.8, 4) is 0 Å². The fraction of sp³-hybridized carbons (Fsp3) is 0.643. The van der Waals surface area contributed by atoms with Crippen molar-refractivity contribution in [2.45, 2.75) is 44.1 Å². The number of aryl methyl sites for hydroxylation is 2. The van der Waals surface area contributed by atoms with Crippen LogP contribution in [0, 0.1) is 0 Å². The third kappa shape index (κ3) is 2.35. The second-order valence-electron chi connectivity index (χ2n) is 5.71. The fourth-order valence-corrected chi connectivity index (χ4v) is 2.74. The summed E-state index contributed by atoms with van der Waals surface area (Å²) < 4.78 is 7.56. The molecule has 0 bridgehead atoms. The highest BCUT2D eigenvalue weighted by molar-refractivity contribution is 5.10. The lowest BCUT2D eigenvalue weighted by Crippen LogP contribution is -2.08. The van der Waals surface area contributed by atoms with Gasteiger partial charge in [-0.1, -0.05) is 0 Å². The van der Waals surface area contributed by atoms with E-state index >= 15 is 0 Å². The molecule has 2 aromatic heterocycles. The SMILES string of the molecule is c1ncc(CCn2nc(C3CCOC3)nc2C2CC2)[nH]1. The van der Waals surface area contributed by atoms with Gasteiger partial charge in [0.05, 0.1) is 12.9 Å². The Kier molecular flexibility index (Phi) is 3.03. The quantitative estimate of drug-likeness (QED) is 0.899. The van der Waals surface area contributed by atoms with Gasteiger partial charge in [-0.2, -0.15) is 5.10 Å². The number of aromatic nitrogens is 5. The maximum Gasteiger partial charge on any atom is 0.156 e. The third-order valence-corrected chi connectivity index (χ3v) is 4.10. The van der Waals surface area contributed by atoms with Crippen LogP contribution in [0.25, 0.3) is 0 Å². The molecule has 1 atom stereocenters. The average Bonchev–Trinajstić information content (AvgIpc) is 2.94. The van der Waals surface area contributed by atoms with E-state index in [4.69, 9.17) is 14.8 Å². The number of imidazole rings is 1. The first-order valence-corrected chi connectivity index (χ1v) is 7.40. The van der Waals surface area contributed by atoms with Gasteiger partial charge < -0.3 is 9.72 Å². The Morgan fingerprint density at radius 1 is 1.30 bits per heavy atom. The van der Waals surface area contributed by atoms with Crippen molar-refractivity contribution in [3.63, 3.8) is 0 Å². The van der Waals surface area contributed by atoms with E-state index in [2.05, 4.69) is 14.6 Å². The first-order chi connectivity index (χ1) is 9.90. The minimum atomic E-state index is 0.390. The van der Waals surface area contributed by atoms with Gasteiger partial charge in [0.2, 0.25) is 0 Å². The van der Waals surface area contributed by atoms with Crippen molar-refractivity contribution in [1.29, 1.82) is 0 Å². The molecule has 1 saturated heterocycles. The molecule has 0 spiro atoms. The van der Waals surface area contributed by atoms with Gasteiger partial charge in [0.15, 0.2) is 5.82 Å². The van der Waals surface area contributed by atoms with Crippen LogP contribution < -0.4 is 0 Å². The van der Waals surface area contributed by atoms with Crippen LogP contribution in [0.15, 0.2) is 12.5 Å². The zero-order chi connectivity index (χ0) is 13.4. The fourth-order valence-electron chi connectivity index (χ4n) is 2.74. The summed E-state index contributed by atoms with van der Waals surface area (Å²) in [5.74, 6) is 3.17. The lowest BCUT2D eigenvalue weighted by molar-refractivity contribution is 0.193. The maximum atomic E-state index is 5.45. The van der Waals surface area contributed by atoms with Gasteiger partial charge in [0, 0.05) is 43.3 Å². The molecule has 0 radical (unpaired) electrons. The van der Waals surface area contributed by atoms with Crippen LogP contribution in [0.5, 0.6) is 0 Å². The van der Waals surface area contributed by atoms with E-state index < -0.39 is 0 Å². The van der Waals surface area contributed by atoms with Crippen molar-refractivity contribution in [3.05, 3.63) is 29.9 Å². The van der Waals surface area contributed by atoms with E-state index in [9.17, 15) is 0 Å². The highest BCUT2D eigenvalue weighted by Gasteiger charge is 2.32. The van der Waals surface area contributed by atoms with E-state index in [1.165, 1.54) is 18.7 Å². The summed E-state index contributed by atoms with van der Waals surface area (Å²) >= 11 is 0. The van der Waals surface area contributed by atoms with Gasteiger partial charge in [0.1, 0.15) is 5.82 Å². The number of aromatic amines is 1. The van der Waals surface area contributed by atoms with Crippen molar-refractivity contribution < 1.29 is 4.74 Å². The van der Waals surface area contributed by atoms with E-state index in [0.717, 1.165) is 44.1 Å². The number of ether oxygens (including phenoxy) is 1. The normalized spacial score (nSPS) is 22.5. The molecular formula is C14H19N5O. The van der Waals surface area contributed by atoms with Crippen LogP contribution in [0.4, 0.5) is 0 Å². The summed E-state index contributed by atoms with van der Waals surface area (Å²) in [7, 11) is 0. The molecule has 1 aliphatic heterocycles. The van der Waals surface area contributed by atoms with Crippen molar-refractivity contribution >= 4 is 0 Å². The molecule has 6 nitrogen and oxygen atoms in total. The highest BCUT2D eigenvalue weighted by atomic mass is 16.5. The average molecular weight is 273 g/mol. The van der Waals surface area contributed by atoms with Crippen LogP contribution in [0.3, 0.4) is 0 Å². The summed E-state index contributed by atoms with van der Waals surface area (Å²) in [6, 6.07) is 0. The minimum absolute atomic E-state index is 0.390. The van der Waals surface area contributed by atoms with Crippen molar-refractivity contribution in [2.24, 2.45) is 0 Å². The number of rotatable bonds is 5. The first kappa shape index (κ1) is 12.1. The molecule has 1 N–H and O–H groups in total. The Hall–Kier alpha value is -1.69. The number of hydrogen-bond acceptors (Lipinski definition) is 4. The summed E-state index contributed by atoms with van der Waals surface area (Å²) in [5, 5.41) is 4.74. The number of hydrogen-bond donors (Lipinski definition) is 1. The van der Waals surface area contributed by atoms with Crippen LogP contribution in [-0.2, 0) is 17.7 Å². The largest absolute Gasteiger partial charge is 0.381 e. The first-order valence-electron chi connectivity index (χ1n) is 7.40. The zero-order valence-corrected chi connectivity index (χ0v) is 11.5. The Balaban J connectivity index is 1.53. The molecule has 20 heavy (non-hydrogen) atoms. The molecule has 1 unspecified atom stereocenters. The lowest BCUT2D eigenvalue weighted by Gasteiger charge is -2.03. The van der Waals surface area contributed by atoms with E-state index in [1.807, 2.05) is 6.20 Å². The molecule has 2 aliphatic rings. The van der Waals surface area contributed by atoms with Gasteiger partial charge in [-0.15, -0.1) is 0 Å². The lowest BCUT2D eigenvalue weighted by atomic mass is 10.1. The van der Waals surface area contributed by atoms with Crippen LogP contribution in [0.2, 0.25) is 0 Å². The van der Waals surface area contributed by atoms with E-state index in [-0.39, 0.29) is 0 Å². The molecule has 2 aromatic rings. The van der Waals surface area contributed by atoms with Gasteiger partial charge in [0.25, 0.3) is 0 Å². The number of H-pyrrole nitrogens is 1. The Morgan fingerprint density at radius 3 is 2.95 bits per heavy atom. The molecule has 2 fully saturated rings. The predicted octanol–water partition coefficient (Wildman–Crippen LogP) is 1.63. The van der Waals surface area contributed by atoms with Crippen molar-refractivity contribution in [2.75, 3.05) is 13.2 Å². The Labute approximate surface area is 117 Å². The van der Waals surface area contributed by atoms with Gasteiger partial charge in [-0.25, -0.2) is 14.6 Å². The van der Waals surface area contributed by atoms with Crippen LogP contribution in [0.1, 0.15) is 48.4 Å². The molecule has 1 aliphatic carbocycles. The van der Waals surface area contributed by atoms with Gasteiger partial charge in [-0.05, 0) is 19.3 Å². The van der Waals surface area contributed by atoms with Crippen LogP contribution in [-0.4, -0.2) is 37.9 Å². The topological polar surface area (TPSA) is 68.6 Å². The second-order valence-corrected chi connectivity index (χ2v) is 5.71. The molecule has 6 heteroatoms. The monoisotopic (exact) mass is 273 g/mol. The standard InChI is InChI=1S/C14H19N5O/c1-2-10(1)14-17-13(11-4-6-20-8-11)18-19(14)5-3-12-7-15-9-16-12/h7,9-11H,1-6,8H2,(H,15,16).